The summed E-state index contributed by atoms with van der Waals surface area (Å²) in [5.41, 5.74) is 9.56. The summed E-state index contributed by atoms with van der Waals surface area (Å²) < 4.78 is 3.51. The molecule has 0 saturated heterocycles. The number of hydrazone groups is 1. The maximum absolute atomic E-state index is 4.61. The monoisotopic (exact) mass is 354 g/mol. The summed E-state index contributed by atoms with van der Waals surface area (Å²) in [5, 5.41) is 4.61. The van der Waals surface area contributed by atoms with Crippen LogP contribution in [0.15, 0.2) is 40.0 Å². The molecule has 1 aliphatic carbocycles. The van der Waals surface area contributed by atoms with Gasteiger partial charge in [0.15, 0.2) is 0 Å². The van der Waals surface area contributed by atoms with Crippen LogP contribution >= 0.6 is 15.9 Å². The van der Waals surface area contributed by atoms with Gasteiger partial charge in [-0.2, -0.15) is 5.10 Å². The second-order valence-electron chi connectivity index (χ2n) is 5.99. The molecule has 2 aromatic rings. The van der Waals surface area contributed by atoms with Crippen molar-refractivity contribution in [1.29, 1.82) is 0 Å². The zero-order chi connectivity index (χ0) is 14.8. The van der Waals surface area contributed by atoms with Crippen molar-refractivity contribution in [1.82, 2.24) is 9.99 Å². The number of fused-ring (bicyclic) bond motifs is 5. The Morgan fingerprint density at radius 3 is 3.18 bits per heavy atom. The molecule has 1 aromatic heterocycles. The first-order valence-corrected chi connectivity index (χ1v) is 8.30. The van der Waals surface area contributed by atoms with E-state index in [9.17, 15) is 0 Å². The number of rotatable bonds is 0. The van der Waals surface area contributed by atoms with Crippen molar-refractivity contribution in [3.63, 3.8) is 0 Å². The molecule has 1 unspecified atom stereocenters. The predicted octanol–water partition coefficient (Wildman–Crippen LogP) is 3.74. The van der Waals surface area contributed by atoms with Crippen molar-refractivity contribution >= 4 is 33.5 Å². The van der Waals surface area contributed by atoms with E-state index in [-0.39, 0.29) is 0 Å². The number of hydrogen-bond acceptors (Lipinski definition) is 3. The highest BCUT2D eigenvalue weighted by Gasteiger charge is 2.38. The maximum atomic E-state index is 4.61. The van der Waals surface area contributed by atoms with E-state index >= 15 is 0 Å². The Hall–Kier alpha value is -2.01. The summed E-state index contributed by atoms with van der Waals surface area (Å²) in [4.78, 5) is 2.32. The molecule has 0 bridgehead atoms. The van der Waals surface area contributed by atoms with Crippen molar-refractivity contribution in [2.24, 2.45) is 5.10 Å². The average Bonchev–Trinajstić information content (AvgIpc) is 3.10. The summed E-state index contributed by atoms with van der Waals surface area (Å²) >= 11 is 3.73. The highest BCUT2D eigenvalue weighted by molar-refractivity contribution is 9.10. The minimum Gasteiger partial charge on any atom is -0.316 e. The average molecular weight is 355 g/mol. The molecular weight excluding hydrogens is 340 g/mol. The number of aromatic nitrogens is 1. The zero-order valence-electron chi connectivity index (χ0n) is 12.2. The van der Waals surface area contributed by atoms with Gasteiger partial charge in [0.2, 0.25) is 0 Å². The van der Waals surface area contributed by atoms with Crippen LogP contribution in [0.5, 0.6) is 0 Å². The standard InChI is InChI=1S/C17H15BrN4/c1-10-4-2-7-14-15(10)21-8-13(18)11-5-3-6-12(16(11)21)17-20-19-9-22(14)17/h2-5,7-8,12,19H,6,9H2,1H3. The van der Waals surface area contributed by atoms with Gasteiger partial charge in [-0.1, -0.05) is 24.3 Å². The number of benzene rings is 1. The Kier molecular flexibility index (Phi) is 2.42. The Bertz CT molecular complexity index is 862. The molecule has 0 radical (unpaired) electrons. The van der Waals surface area contributed by atoms with Gasteiger partial charge in [-0.25, -0.2) is 0 Å². The number of allylic oxidation sites excluding steroid dienone is 1. The molecule has 0 fully saturated rings. The second-order valence-corrected chi connectivity index (χ2v) is 6.85. The van der Waals surface area contributed by atoms with E-state index in [4.69, 9.17) is 0 Å². The van der Waals surface area contributed by atoms with Gasteiger partial charge in [-0.05, 0) is 40.9 Å². The number of aryl methyl sites for hydroxylation is 1. The number of amidine groups is 1. The molecule has 5 heteroatoms. The SMILES string of the molecule is Cc1cccc2c1-n1cc(Br)c3c1C(CC=C3)C1=NNCN12. The van der Waals surface area contributed by atoms with E-state index in [0.717, 1.165) is 23.4 Å². The van der Waals surface area contributed by atoms with E-state index in [1.165, 1.54) is 28.2 Å². The third kappa shape index (κ3) is 1.44. The number of para-hydroxylation sites is 1. The summed E-state index contributed by atoms with van der Waals surface area (Å²) in [7, 11) is 0. The fraction of sp³-hybridized carbons (Fsp3) is 0.235. The Morgan fingerprint density at radius 2 is 2.27 bits per heavy atom. The highest BCUT2D eigenvalue weighted by atomic mass is 79.9. The van der Waals surface area contributed by atoms with Gasteiger partial charge >= 0.3 is 0 Å². The van der Waals surface area contributed by atoms with Gasteiger partial charge in [0.05, 0.1) is 17.3 Å². The molecule has 5 rings (SSSR count). The Labute approximate surface area is 137 Å². The van der Waals surface area contributed by atoms with Crippen LogP contribution < -0.4 is 10.3 Å². The molecule has 1 atom stereocenters. The third-order valence-electron chi connectivity index (χ3n) is 4.78. The molecule has 22 heavy (non-hydrogen) atoms. The van der Waals surface area contributed by atoms with Crippen molar-refractivity contribution in [3.8, 4) is 5.69 Å². The third-order valence-corrected chi connectivity index (χ3v) is 5.41. The number of halogens is 1. The van der Waals surface area contributed by atoms with E-state index < -0.39 is 0 Å². The number of nitrogens with one attached hydrogen (secondary N) is 1. The number of nitrogens with zero attached hydrogens (tertiary/aromatic N) is 3. The van der Waals surface area contributed by atoms with Crippen molar-refractivity contribution < 1.29 is 0 Å². The minimum absolute atomic E-state index is 0.299. The molecule has 2 aliphatic heterocycles. The van der Waals surface area contributed by atoms with E-state index in [1.807, 2.05) is 0 Å². The van der Waals surface area contributed by atoms with Crippen LogP contribution in [0.2, 0.25) is 0 Å². The number of anilines is 1. The van der Waals surface area contributed by atoms with Crippen LogP contribution in [-0.4, -0.2) is 17.1 Å². The molecule has 0 saturated carbocycles. The van der Waals surface area contributed by atoms with Gasteiger partial charge in [-0.3, -0.25) is 5.43 Å². The predicted molar refractivity (Wildman–Crippen MR) is 92.5 cm³/mol. The van der Waals surface area contributed by atoms with Crippen LogP contribution in [0.25, 0.3) is 11.8 Å². The lowest BCUT2D eigenvalue weighted by Gasteiger charge is -2.24. The molecule has 3 aliphatic rings. The molecule has 110 valence electrons. The van der Waals surface area contributed by atoms with Crippen LogP contribution in [0.1, 0.15) is 29.2 Å². The zero-order valence-corrected chi connectivity index (χ0v) is 13.8. The fourth-order valence-electron chi connectivity index (χ4n) is 3.85. The molecule has 3 heterocycles. The van der Waals surface area contributed by atoms with E-state index in [1.54, 1.807) is 0 Å². The van der Waals surface area contributed by atoms with Crippen LogP contribution in [0.4, 0.5) is 5.69 Å². The van der Waals surface area contributed by atoms with Crippen LogP contribution in [0, 0.1) is 6.92 Å². The smallest absolute Gasteiger partial charge is 0.140 e. The van der Waals surface area contributed by atoms with Gasteiger partial charge in [0, 0.05) is 21.9 Å². The lowest BCUT2D eigenvalue weighted by atomic mass is 9.91. The topological polar surface area (TPSA) is 32.6 Å². The van der Waals surface area contributed by atoms with Gasteiger partial charge in [-0.15, -0.1) is 0 Å². The Balaban J connectivity index is 1.93. The van der Waals surface area contributed by atoms with Gasteiger partial charge in [0.1, 0.15) is 12.5 Å². The lowest BCUT2D eigenvalue weighted by molar-refractivity contribution is 0.798. The summed E-state index contributed by atoms with van der Waals surface area (Å²) in [5.74, 6) is 1.43. The van der Waals surface area contributed by atoms with E-state index in [0.29, 0.717) is 5.92 Å². The summed E-state index contributed by atoms with van der Waals surface area (Å²) in [6.07, 6.45) is 7.68. The molecule has 0 spiro atoms. The van der Waals surface area contributed by atoms with Crippen molar-refractivity contribution in [2.75, 3.05) is 11.6 Å². The summed E-state index contributed by atoms with van der Waals surface area (Å²) in [6.45, 7) is 2.92. The largest absolute Gasteiger partial charge is 0.316 e. The minimum atomic E-state index is 0.299. The highest BCUT2D eigenvalue weighted by Crippen LogP contribution is 2.45. The van der Waals surface area contributed by atoms with Crippen LogP contribution in [0.3, 0.4) is 0 Å². The quantitative estimate of drug-likeness (QED) is 0.781. The first-order valence-electron chi connectivity index (χ1n) is 7.51. The first kappa shape index (κ1) is 12.5. The van der Waals surface area contributed by atoms with E-state index in [2.05, 4.69) is 79.4 Å². The number of hydrogen-bond donors (Lipinski definition) is 1. The lowest BCUT2D eigenvalue weighted by Crippen LogP contribution is -2.32. The second kappa shape index (κ2) is 4.26. The molecule has 1 aromatic carbocycles. The van der Waals surface area contributed by atoms with Gasteiger partial charge in [0.25, 0.3) is 0 Å². The Morgan fingerprint density at radius 1 is 1.36 bits per heavy atom. The fourth-order valence-corrected chi connectivity index (χ4v) is 4.39. The molecule has 1 N–H and O–H groups in total. The van der Waals surface area contributed by atoms with Crippen molar-refractivity contribution in [3.05, 3.63) is 51.8 Å². The first-order chi connectivity index (χ1) is 10.8. The molecule has 0 amide bonds. The van der Waals surface area contributed by atoms with Crippen molar-refractivity contribution in [2.45, 2.75) is 19.3 Å². The molecule has 4 nitrogen and oxygen atoms in total. The summed E-state index contributed by atoms with van der Waals surface area (Å²) in [6, 6.07) is 6.50. The molecular formula is C17H15BrN4. The maximum Gasteiger partial charge on any atom is 0.140 e. The normalized spacial score (nSPS) is 20.7. The van der Waals surface area contributed by atoms with Crippen LogP contribution in [-0.2, 0) is 0 Å². The van der Waals surface area contributed by atoms with Gasteiger partial charge < -0.3 is 9.47 Å².